The lowest BCUT2D eigenvalue weighted by atomic mass is 10.1. The number of rotatable bonds is 4. The molecule has 0 unspecified atom stereocenters. The maximum absolute atomic E-state index is 11.7. The van der Waals surface area contributed by atoms with Gasteiger partial charge in [0.1, 0.15) is 5.75 Å². The smallest absolute Gasteiger partial charge is 0.224 e. The zero-order valence-corrected chi connectivity index (χ0v) is 9.32. The average molecular weight is 220 g/mol. The molecule has 86 valence electrons. The summed E-state index contributed by atoms with van der Waals surface area (Å²) in [5, 5.41) is 6.07. The topological polar surface area (TPSA) is 50.4 Å². The molecule has 1 aliphatic heterocycles. The van der Waals surface area contributed by atoms with Crippen molar-refractivity contribution in [3.63, 3.8) is 0 Å². The van der Waals surface area contributed by atoms with Crippen LogP contribution in [0.15, 0.2) is 24.3 Å². The van der Waals surface area contributed by atoms with Crippen LogP contribution in [-0.4, -0.2) is 32.1 Å². The fourth-order valence-corrected chi connectivity index (χ4v) is 1.69. The van der Waals surface area contributed by atoms with Crippen molar-refractivity contribution in [3.05, 3.63) is 29.8 Å². The van der Waals surface area contributed by atoms with E-state index in [-0.39, 0.29) is 5.91 Å². The van der Waals surface area contributed by atoms with E-state index in [4.69, 9.17) is 4.74 Å². The van der Waals surface area contributed by atoms with Crippen molar-refractivity contribution in [2.45, 2.75) is 12.5 Å². The Hall–Kier alpha value is -1.55. The fraction of sp³-hybridized carbons (Fsp3) is 0.417. The van der Waals surface area contributed by atoms with Crippen LogP contribution in [0.2, 0.25) is 0 Å². The molecule has 1 saturated heterocycles. The van der Waals surface area contributed by atoms with Gasteiger partial charge in [-0.05, 0) is 6.07 Å². The second-order valence-corrected chi connectivity index (χ2v) is 3.91. The van der Waals surface area contributed by atoms with E-state index in [9.17, 15) is 4.79 Å². The van der Waals surface area contributed by atoms with E-state index >= 15 is 0 Å². The lowest BCUT2D eigenvalue weighted by Gasteiger charge is -2.28. The highest BCUT2D eigenvalue weighted by molar-refractivity contribution is 5.79. The number of methoxy groups -OCH3 is 1. The summed E-state index contributed by atoms with van der Waals surface area (Å²) in [6.07, 6.45) is 0.376. The number of hydrogen-bond acceptors (Lipinski definition) is 3. The van der Waals surface area contributed by atoms with Gasteiger partial charge in [-0.3, -0.25) is 4.79 Å². The minimum Gasteiger partial charge on any atom is -0.496 e. The lowest BCUT2D eigenvalue weighted by molar-refractivity contribution is -0.121. The second-order valence-electron chi connectivity index (χ2n) is 3.91. The van der Waals surface area contributed by atoms with Crippen molar-refractivity contribution in [1.82, 2.24) is 10.6 Å². The van der Waals surface area contributed by atoms with Crippen molar-refractivity contribution < 1.29 is 9.53 Å². The molecule has 0 atom stereocenters. The number of benzene rings is 1. The van der Waals surface area contributed by atoms with Crippen molar-refractivity contribution in [2.24, 2.45) is 0 Å². The molecule has 1 aromatic rings. The van der Waals surface area contributed by atoms with Crippen LogP contribution in [0.1, 0.15) is 5.56 Å². The van der Waals surface area contributed by atoms with Crippen molar-refractivity contribution >= 4 is 5.91 Å². The molecule has 1 aromatic carbocycles. The number of ether oxygens (including phenoxy) is 1. The van der Waals surface area contributed by atoms with Gasteiger partial charge in [0, 0.05) is 18.7 Å². The minimum atomic E-state index is 0.0519. The molecule has 0 aliphatic carbocycles. The van der Waals surface area contributed by atoms with Crippen molar-refractivity contribution in [2.75, 3.05) is 20.2 Å². The monoisotopic (exact) mass is 220 g/mol. The first-order valence-corrected chi connectivity index (χ1v) is 5.41. The van der Waals surface area contributed by atoms with Gasteiger partial charge in [0.05, 0.1) is 19.6 Å². The highest BCUT2D eigenvalue weighted by Gasteiger charge is 2.19. The number of para-hydroxylation sites is 1. The Morgan fingerprint density at radius 2 is 2.25 bits per heavy atom. The van der Waals surface area contributed by atoms with E-state index in [0.29, 0.717) is 12.5 Å². The summed E-state index contributed by atoms with van der Waals surface area (Å²) in [4.78, 5) is 11.7. The molecule has 4 heteroatoms. The zero-order chi connectivity index (χ0) is 11.4. The van der Waals surface area contributed by atoms with Crippen molar-refractivity contribution in [3.8, 4) is 5.75 Å². The number of carbonyl (C=O) groups excluding carboxylic acids is 1. The Kier molecular flexibility index (Phi) is 3.41. The maximum atomic E-state index is 11.7. The average Bonchev–Trinajstić information content (AvgIpc) is 2.24. The number of nitrogens with one attached hydrogen (secondary N) is 2. The van der Waals surface area contributed by atoms with Crippen molar-refractivity contribution in [1.29, 1.82) is 0 Å². The lowest BCUT2D eigenvalue weighted by Crippen LogP contribution is -2.57. The third kappa shape index (κ3) is 2.52. The summed E-state index contributed by atoms with van der Waals surface area (Å²) in [6, 6.07) is 7.89. The molecular weight excluding hydrogens is 204 g/mol. The van der Waals surface area contributed by atoms with Crippen LogP contribution in [0.25, 0.3) is 0 Å². The first-order valence-electron chi connectivity index (χ1n) is 5.41. The summed E-state index contributed by atoms with van der Waals surface area (Å²) in [5.74, 6) is 0.820. The molecule has 4 nitrogen and oxygen atoms in total. The van der Waals surface area contributed by atoms with Crippen LogP contribution >= 0.6 is 0 Å². The standard InChI is InChI=1S/C12H16N2O2/c1-16-11-5-3-2-4-9(11)6-12(15)14-10-7-13-8-10/h2-5,10,13H,6-8H2,1H3,(H,14,15). The van der Waals surface area contributed by atoms with E-state index in [1.54, 1.807) is 7.11 Å². The van der Waals surface area contributed by atoms with Gasteiger partial charge in [0.2, 0.25) is 5.91 Å². The minimum absolute atomic E-state index is 0.0519. The molecule has 0 radical (unpaired) electrons. The first-order chi connectivity index (χ1) is 7.79. The normalized spacial score (nSPS) is 15.3. The molecule has 0 aromatic heterocycles. The van der Waals surface area contributed by atoms with Crippen LogP contribution in [0, 0.1) is 0 Å². The van der Waals surface area contributed by atoms with E-state index < -0.39 is 0 Å². The Balaban J connectivity index is 1.94. The molecule has 2 N–H and O–H groups in total. The van der Waals surface area contributed by atoms with Gasteiger partial charge in [-0.15, -0.1) is 0 Å². The molecular formula is C12H16N2O2. The van der Waals surface area contributed by atoms with Gasteiger partial charge >= 0.3 is 0 Å². The number of carbonyl (C=O) groups is 1. The molecule has 0 bridgehead atoms. The highest BCUT2D eigenvalue weighted by atomic mass is 16.5. The van der Waals surface area contributed by atoms with Crippen LogP contribution < -0.4 is 15.4 Å². The third-order valence-electron chi connectivity index (χ3n) is 2.69. The summed E-state index contributed by atoms with van der Waals surface area (Å²) in [6.45, 7) is 1.75. The molecule has 0 saturated carbocycles. The van der Waals surface area contributed by atoms with Crippen LogP contribution in [-0.2, 0) is 11.2 Å². The Labute approximate surface area is 95.0 Å². The summed E-state index contributed by atoms with van der Waals surface area (Å²) >= 11 is 0. The van der Waals surface area contributed by atoms with Gasteiger partial charge in [-0.25, -0.2) is 0 Å². The predicted octanol–water partition coefficient (Wildman–Crippen LogP) is 0.326. The van der Waals surface area contributed by atoms with Gasteiger partial charge < -0.3 is 15.4 Å². The molecule has 2 rings (SSSR count). The Bertz CT molecular complexity index is 375. The quantitative estimate of drug-likeness (QED) is 0.768. The maximum Gasteiger partial charge on any atom is 0.224 e. The van der Waals surface area contributed by atoms with Gasteiger partial charge in [-0.2, -0.15) is 0 Å². The molecule has 1 fully saturated rings. The van der Waals surface area contributed by atoms with Gasteiger partial charge in [0.25, 0.3) is 0 Å². The number of amides is 1. The van der Waals surface area contributed by atoms with Crippen LogP contribution in [0.3, 0.4) is 0 Å². The highest BCUT2D eigenvalue weighted by Crippen LogP contribution is 2.17. The summed E-state index contributed by atoms with van der Waals surface area (Å²) in [7, 11) is 1.62. The Morgan fingerprint density at radius 3 is 2.88 bits per heavy atom. The van der Waals surface area contributed by atoms with E-state index in [1.165, 1.54) is 0 Å². The van der Waals surface area contributed by atoms with E-state index in [2.05, 4.69) is 10.6 Å². The molecule has 16 heavy (non-hydrogen) atoms. The fourth-order valence-electron chi connectivity index (χ4n) is 1.69. The van der Waals surface area contributed by atoms with Crippen LogP contribution in [0.4, 0.5) is 0 Å². The summed E-state index contributed by atoms with van der Waals surface area (Å²) in [5.41, 5.74) is 0.926. The Morgan fingerprint density at radius 1 is 1.50 bits per heavy atom. The van der Waals surface area contributed by atoms with Crippen LogP contribution in [0.5, 0.6) is 5.75 Å². The van der Waals surface area contributed by atoms with Gasteiger partial charge in [-0.1, -0.05) is 18.2 Å². The third-order valence-corrected chi connectivity index (χ3v) is 2.69. The largest absolute Gasteiger partial charge is 0.496 e. The zero-order valence-electron chi connectivity index (χ0n) is 9.32. The molecule has 1 amide bonds. The number of hydrogen-bond donors (Lipinski definition) is 2. The van der Waals surface area contributed by atoms with Gasteiger partial charge in [0.15, 0.2) is 0 Å². The van der Waals surface area contributed by atoms with E-state index in [0.717, 1.165) is 24.4 Å². The summed E-state index contributed by atoms with van der Waals surface area (Å²) < 4.78 is 5.20. The SMILES string of the molecule is COc1ccccc1CC(=O)NC1CNC1. The molecule has 1 heterocycles. The predicted molar refractivity (Wildman–Crippen MR) is 61.5 cm³/mol. The first kappa shape index (κ1) is 11.0. The van der Waals surface area contributed by atoms with E-state index in [1.807, 2.05) is 24.3 Å². The molecule has 1 aliphatic rings. The molecule has 0 spiro atoms. The second kappa shape index (κ2) is 4.99.